The molecule has 2 heterocycles. The van der Waals surface area contributed by atoms with Crippen molar-refractivity contribution in [2.24, 2.45) is 0 Å². The van der Waals surface area contributed by atoms with Crippen molar-refractivity contribution in [1.82, 2.24) is 9.88 Å². The molecule has 1 aliphatic rings. The highest BCUT2D eigenvalue weighted by atomic mass is 15.2. The minimum Gasteiger partial charge on any atom is -0.292 e. The van der Waals surface area contributed by atoms with Crippen molar-refractivity contribution >= 4 is 0 Å². The van der Waals surface area contributed by atoms with E-state index in [2.05, 4.69) is 46.3 Å². The first-order valence-corrected chi connectivity index (χ1v) is 7.11. The second-order valence-corrected chi connectivity index (χ2v) is 5.25. The number of nitrogens with zero attached hydrogens (tertiary/aromatic N) is 2. The van der Waals surface area contributed by atoms with Gasteiger partial charge in [-0.25, -0.2) is 0 Å². The van der Waals surface area contributed by atoms with Crippen molar-refractivity contribution in [2.45, 2.75) is 31.8 Å². The third kappa shape index (κ3) is 3.02. The molecule has 0 aliphatic carbocycles. The Bertz CT molecular complexity index is 495. The summed E-state index contributed by atoms with van der Waals surface area (Å²) in [6.07, 6.45) is 7.76. The normalized spacial score (nSPS) is 20.3. The Morgan fingerprint density at radius 1 is 1.05 bits per heavy atom. The fourth-order valence-electron chi connectivity index (χ4n) is 2.95. The number of hydrogen-bond donors (Lipinski definition) is 0. The van der Waals surface area contributed by atoms with E-state index in [1.165, 1.54) is 36.9 Å². The molecule has 3 rings (SSSR count). The molecule has 2 aromatic rings. The third-order valence-corrected chi connectivity index (χ3v) is 3.91. The van der Waals surface area contributed by atoms with Gasteiger partial charge in [-0.3, -0.25) is 9.88 Å². The molecule has 0 saturated carbocycles. The quantitative estimate of drug-likeness (QED) is 0.825. The maximum Gasteiger partial charge on any atom is 0.0366 e. The molecule has 0 N–H and O–H groups in total. The predicted octanol–water partition coefficient (Wildman–Crippen LogP) is 3.81. The Labute approximate surface area is 115 Å². The zero-order valence-electron chi connectivity index (χ0n) is 11.2. The molecule has 19 heavy (non-hydrogen) atoms. The van der Waals surface area contributed by atoms with Crippen molar-refractivity contribution in [1.29, 1.82) is 0 Å². The largest absolute Gasteiger partial charge is 0.292 e. The van der Waals surface area contributed by atoms with Gasteiger partial charge in [-0.05, 0) is 36.6 Å². The molecule has 0 amide bonds. The Morgan fingerprint density at radius 3 is 2.74 bits per heavy atom. The summed E-state index contributed by atoms with van der Waals surface area (Å²) in [6.45, 7) is 2.23. The van der Waals surface area contributed by atoms with Gasteiger partial charge in [0.15, 0.2) is 0 Å². The van der Waals surface area contributed by atoms with Crippen LogP contribution in [0.5, 0.6) is 0 Å². The smallest absolute Gasteiger partial charge is 0.0366 e. The molecular formula is C17H20N2. The van der Waals surface area contributed by atoms with Gasteiger partial charge < -0.3 is 0 Å². The van der Waals surface area contributed by atoms with Crippen LogP contribution in [0.1, 0.15) is 36.4 Å². The maximum atomic E-state index is 4.27. The van der Waals surface area contributed by atoms with Gasteiger partial charge in [0, 0.05) is 25.0 Å². The van der Waals surface area contributed by atoms with E-state index in [1.807, 2.05) is 18.5 Å². The van der Waals surface area contributed by atoms with Crippen molar-refractivity contribution in [3.8, 4) is 0 Å². The SMILES string of the molecule is c1ccc(CN2CCCC[C@H]2c2cccnc2)cc1. The van der Waals surface area contributed by atoms with E-state index >= 15 is 0 Å². The highest BCUT2D eigenvalue weighted by Crippen LogP contribution is 2.31. The zero-order valence-corrected chi connectivity index (χ0v) is 11.2. The predicted molar refractivity (Wildman–Crippen MR) is 77.7 cm³/mol. The van der Waals surface area contributed by atoms with Gasteiger partial charge in [0.25, 0.3) is 0 Å². The lowest BCUT2D eigenvalue weighted by Gasteiger charge is -2.36. The summed E-state index contributed by atoms with van der Waals surface area (Å²) in [6, 6.07) is 15.5. The summed E-state index contributed by atoms with van der Waals surface area (Å²) in [5, 5.41) is 0. The lowest BCUT2D eigenvalue weighted by molar-refractivity contribution is 0.140. The van der Waals surface area contributed by atoms with E-state index in [4.69, 9.17) is 0 Å². The molecule has 1 atom stereocenters. The number of hydrogen-bond acceptors (Lipinski definition) is 2. The van der Waals surface area contributed by atoms with Gasteiger partial charge >= 0.3 is 0 Å². The number of pyridine rings is 1. The van der Waals surface area contributed by atoms with Crippen LogP contribution in [-0.2, 0) is 6.54 Å². The van der Waals surface area contributed by atoms with E-state index in [0.29, 0.717) is 6.04 Å². The molecule has 1 aromatic carbocycles. The van der Waals surface area contributed by atoms with E-state index in [-0.39, 0.29) is 0 Å². The molecule has 0 unspecified atom stereocenters. The van der Waals surface area contributed by atoms with E-state index in [0.717, 1.165) is 6.54 Å². The van der Waals surface area contributed by atoms with Gasteiger partial charge in [-0.15, -0.1) is 0 Å². The van der Waals surface area contributed by atoms with Crippen molar-refractivity contribution in [2.75, 3.05) is 6.54 Å². The van der Waals surface area contributed by atoms with Crippen LogP contribution in [0, 0.1) is 0 Å². The molecule has 98 valence electrons. The second kappa shape index (κ2) is 5.98. The first kappa shape index (κ1) is 12.4. The molecule has 0 bridgehead atoms. The number of benzene rings is 1. The maximum absolute atomic E-state index is 4.27. The van der Waals surface area contributed by atoms with Gasteiger partial charge in [-0.1, -0.05) is 42.8 Å². The molecular weight excluding hydrogens is 232 g/mol. The highest BCUT2D eigenvalue weighted by Gasteiger charge is 2.23. The van der Waals surface area contributed by atoms with Gasteiger partial charge in [0.1, 0.15) is 0 Å². The fourth-order valence-corrected chi connectivity index (χ4v) is 2.95. The van der Waals surface area contributed by atoms with Crippen LogP contribution in [0.25, 0.3) is 0 Å². The monoisotopic (exact) mass is 252 g/mol. The lowest BCUT2D eigenvalue weighted by Crippen LogP contribution is -2.32. The molecule has 2 heteroatoms. The van der Waals surface area contributed by atoms with Gasteiger partial charge in [-0.2, -0.15) is 0 Å². The van der Waals surface area contributed by atoms with Crippen LogP contribution in [0.3, 0.4) is 0 Å². The highest BCUT2D eigenvalue weighted by molar-refractivity contribution is 5.18. The zero-order chi connectivity index (χ0) is 12.9. The minimum absolute atomic E-state index is 0.530. The van der Waals surface area contributed by atoms with Crippen LogP contribution in [-0.4, -0.2) is 16.4 Å². The molecule has 1 aliphatic heterocycles. The molecule has 1 saturated heterocycles. The Hall–Kier alpha value is -1.67. The van der Waals surface area contributed by atoms with Crippen LogP contribution in [0.2, 0.25) is 0 Å². The average molecular weight is 252 g/mol. The van der Waals surface area contributed by atoms with Crippen LogP contribution in [0.15, 0.2) is 54.9 Å². The molecule has 2 nitrogen and oxygen atoms in total. The summed E-state index contributed by atoms with van der Waals surface area (Å²) in [5.41, 5.74) is 2.76. The third-order valence-electron chi connectivity index (χ3n) is 3.91. The number of aromatic nitrogens is 1. The van der Waals surface area contributed by atoms with E-state index in [1.54, 1.807) is 0 Å². The summed E-state index contributed by atoms with van der Waals surface area (Å²) in [5.74, 6) is 0. The second-order valence-electron chi connectivity index (χ2n) is 5.25. The summed E-state index contributed by atoms with van der Waals surface area (Å²) in [7, 11) is 0. The molecule has 1 aromatic heterocycles. The molecule has 0 spiro atoms. The summed E-state index contributed by atoms with van der Waals surface area (Å²) in [4.78, 5) is 6.87. The average Bonchev–Trinajstić information content (AvgIpc) is 2.50. The Kier molecular flexibility index (Phi) is 3.89. The molecule has 0 radical (unpaired) electrons. The van der Waals surface area contributed by atoms with Crippen LogP contribution >= 0.6 is 0 Å². The van der Waals surface area contributed by atoms with Crippen molar-refractivity contribution in [3.63, 3.8) is 0 Å². The first-order valence-electron chi connectivity index (χ1n) is 7.11. The van der Waals surface area contributed by atoms with Crippen molar-refractivity contribution < 1.29 is 0 Å². The van der Waals surface area contributed by atoms with E-state index in [9.17, 15) is 0 Å². The van der Waals surface area contributed by atoms with Gasteiger partial charge in [0.05, 0.1) is 0 Å². The lowest BCUT2D eigenvalue weighted by atomic mass is 9.96. The first-order chi connectivity index (χ1) is 9.43. The van der Waals surface area contributed by atoms with Crippen LogP contribution < -0.4 is 0 Å². The summed E-state index contributed by atoms with van der Waals surface area (Å²) < 4.78 is 0. The Morgan fingerprint density at radius 2 is 1.95 bits per heavy atom. The number of likely N-dealkylation sites (tertiary alicyclic amines) is 1. The van der Waals surface area contributed by atoms with Crippen LogP contribution in [0.4, 0.5) is 0 Å². The standard InChI is InChI=1S/C17H20N2/c1-2-7-15(8-3-1)14-19-12-5-4-10-17(19)16-9-6-11-18-13-16/h1-3,6-9,11,13,17H,4-5,10,12,14H2/t17-/m0/s1. The van der Waals surface area contributed by atoms with Gasteiger partial charge in [0.2, 0.25) is 0 Å². The minimum atomic E-state index is 0.530. The number of rotatable bonds is 3. The Balaban J connectivity index is 1.78. The number of piperidine rings is 1. The summed E-state index contributed by atoms with van der Waals surface area (Å²) >= 11 is 0. The topological polar surface area (TPSA) is 16.1 Å². The molecule has 1 fully saturated rings. The van der Waals surface area contributed by atoms with E-state index < -0.39 is 0 Å². The van der Waals surface area contributed by atoms with Crippen molar-refractivity contribution in [3.05, 3.63) is 66.0 Å². The fraction of sp³-hybridized carbons (Fsp3) is 0.353.